The summed E-state index contributed by atoms with van der Waals surface area (Å²) in [4.78, 5) is 18.3. The number of nitrogen functional groups attached to an aromatic ring is 1. The number of piperidine rings is 1. The second-order valence-electron chi connectivity index (χ2n) is 10.4. The van der Waals surface area contributed by atoms with Crippen molar-refractivity contribution in [2.24, 2.45) is 5.92 Å². The SMILES string of the molecule is CCc1cccc(OCCN(C)CCCN2CCC(Cn3c(OC)nc4c(N)nc(OCCOC)nc43)CC2)c1. The van der Waals surface area contributed by atoms with Crippen LogP contribution in [0.2, 0.25) is 0 Å². The van der Waals surface area contributed by atoms with Crippen LogP contribution in [0.1, 0.15) is 31.7 Å². The van der Waals surface area contributed by atoms with Gasteiger partial charge in [0.2, 0.25) is 0 Å². The maximum Gasteiger partial charge on any atom is 0.320 e. The van der Waals surface area contributed by atoms with Crippen molar-refractivity contribution >= 4 is 17.0 Å². The first-order valence-electron chi connectivity index (χ1n) is 14.3. The minimum Gasteiger partial charge on any atom is -0.492 e. The van der Waals surface area contributed by atoms with Crippen molar-refractivity contribution < 1.29 is 18.9 Å². The molecule has 11 nitrogen and oxygen atoms in total. The van der Waals surface area contributed by atoms with Crippen LogP contribution in [-0.2, 0) is 17.7 Å². The fourth-order valence-electron chi connectivity index (χ4n) is 5.08. The number of likely N-dealkylation sites (N-methyl/N-ethyl adjacent to an activating group) is 1. The standard InChI is InChI=1S/C29H45N7O4/c1-5-22-8-6-9-24(20-22)39-17-16-34(2)12-7-13-35-14-10-23(11-15-35)21-36-27-25(31-29(36)38-4)26(30)32-28(33-27)40-19-18-37-3/h6,8-9,20,23H,5,7,10-19,21H2,1-4H3,(H2,30,32,33). The molecule has 2 N–H and O–H groups in total. The lowest BCUT2D eigenvalue weighted by Gasteiger charge is -2.32. The van der Waals surface area contributed by atoms with Gasteiger partial charge in [0.25, 0.3) is 6.01 Å². The summed E-state index contributed by atoms with van der Waals surface area (Å²) in [6, 6.07) is 9.10. The second kappa shape index (κ2) is 15.0. The summed E-state index contributed by atoms with van der Waals surface area (Å²) in [5, 5.41) is 0. The molecule has 1 fully saturated rings. The van der Waals surface area contributed by atoms with Gasteiger partial charge in [-0.05, 0) is 82.5 Å². The summed E-state index contributed by atoms with van der Waals surface area (Å²) in [6.07, 6.45) is 4.40. The Balaban J connectivity index is 1.20. The number of hydrogen-bond donors (Lipinski definition) is 1. The lowest BCUT2D eigenvalue weighted by atomic mass is 9.96. The lowest BCUT2D eigenvalue weighted by molar-refractivity contribution is 0.141. The number of methoxy groups -OCH3 is 2. The molecule has 0 amide bonds. The smallest absolute Gasteiger partial charge is 0.320 e. The van der Waals surface area contributed by atoms with Gasteiger partial charge >= 0.3 is 6.01 Å². The third-order valence-corrected chi connectivity index (χ3v) is 7.48. The molecule has 2 aromatic heterocycles. The average Bonchev–Trinajstić information content (AvgIpc) is 3.32. The number of anilines is 1. The summed E-state index contributed by atoms with van der Waals surface area (Å²) < 4.78 is 24.2. The van der Waals surface area contributed by atoms with E-state index in [9.17, 15) is 0 Å². The third kappa shape index (κ3) is 8.18. The Kier molecular flexibility index (Phi) is 11.2. The minimum absolute atomic E-state index is 0.225. The number of benzene rings is 1. The van der Waals surface area contributed by atoms with Crippen LogP contribution in [0.25, 0.3) is 11.2 Å². The van der Waals surface area contributed by atoms with Crippen molar-refractivity contribution in [3.63, 3.8) is 0 Å². The van der Waals surface area contributed by atoms with Crippen LogP contribution in [0.5, 0.6) is 17.8 Å². The second-order valence-corrected chi connectivity index (χ2v) is 10.4. The highest BCUT2D eigenvalue weighted by Crippen LogP contribution is 2.29. The number of hydrogen-bond acceptors (Lipinski definition) is 10. The van der Waals surface area contributed by atoms with E-state index < -0.39 is 0 Å². The average molecular weight is 556 g/mol. The van der Waals surface area contributed by atoms with Gasteiger partial charge in [0, 0.05) is 20.2 Å². The van der Waals surface area contributed by atoms with Gasteiger partial charge in [0.1, 0.15) is 19.0 Å². The van der Waals surface area contributed by atoms with Crippen molar-refractivity contribution in [2.45, 2.75) is 39.2 Å². The number of nitrogens with zero attached hydrogens (tertiary/aromatic N) is 6. The van der Waals surface area contributed by atoms with Crippen LogP contribution in [0.4, 0.5) is 5.82 Å². The van der Waals surface area contributed by atoms with Gasteiger partial charge in [-0.25, -0.2) is 0 Å². The van der Waals surface area contributed by atoms with E-state index in [0.717, 1.165) is 70.7 Å². The lowest BCUT2D eigenvalue weighted by Crippen LogP contribution is -2.37. The fourth-order valence-corrected chi connectivity index (χ4v) is 5.08. The van der Waals surface area contributed by atoms with E-state index in [-0.39, 0.29) is 11.8 Å². The molecule has 1 saturated heterocycles. The zero-order valence-corrected chi connectivity index (χ0v) is 24.5. The molecule has 0 saturated carbocycles. The number of rotatable bonds is 16. The minimum atomic E-state index is 0.225. The van der Waals surface area contributed by atoms with Gasteiger partial charge in [0.05, 0.1) is 13.7 Å². The third-order valence-electron chi connectivity index (χ3n) is 7.48. The molecule has 0 atom stereocenters. The first-order chi connectivity index (χ1) is 19.5. The van der Waals surface area contributed by atoms with E-state index in [0.29, 0.717) is 42.9 Å². The van der Waals surface area contributed by atoms with Crippen LogP contribution in [0, 0.1) is 5.92 Å². The maximum absolute atomic E-state index is 6.17. The van der Waals surface area contributed by atoms with E-state index >= 15 is 0 Å². The molecule has 220 valence electrons. The van der Waals surface area contributed by atoms with E-state index in [4.69, 9.17) is 24.7 Å². The number of fused-ring (bicyclic) bond motifs is 1. The van der Waals surface area contributed by atoms with Gasteiger partial charge in [0.15, 0.2) is 17.0 Å². The number of likely N-dealkylation sites (tertiary alicyclic amines) is 1. The van der Waals surface area contributed by atoms with Crippen LogP contribution in [0.3, 0.4) is 0 Å². The molecule has 0 aliphatic carbocycles. The van der Waals surface area contributed by atoms with Gasteiger partial charge in [-0.2, -0.15) is 15.0 Å². The van der Waals surface area contributed by atoms with Gasteiger partial charge < -0.3 is 34.5 Å². The number of aryl methyl sites for hydroxylation is 1. The highest BCUT2D eigenvalue weighted by Gasteiger charge is 2.24. The molecule has 0 radical (unpaired) electrons. The molecule has 0 bridgehead atoms. The first kappa shape index (κ1) is 29.8. The molecule has 40 heavy (non-hydrogen) atoms. The monoisotopic (exact) mass is 555 g/mol. The Labute approximate surface area is 237 Å². The molecular weight excluding hydrogens is 510 g/mol. The Morgan fingerprint density at radius 2 is 1.85 bits per heavy atom. The number of aromatic nitrogens is 4. The largest absolute Gasteiger partial charge is 0.492 e. The summed E-state index contributed by atoms with van der Waals surface area (Å²) in [5.41, 5.74) is 8.66. The molecule has 0 spiro atoms. The quantitative estimate of drug-likeness (QED) is 0.265. The Bertz CT molecular complexity index is 1200. The molecule has 1 aliphatic heterocycles. The van der Waals surface area contributed by atoms with Gasteiger partial charge in [-0.15, -0.1) is 0 Å². The first-order valence-corrected chi connectivity index (χ1v) is 14.3. The zero-order valence-electron chi connectivity index (χ0n) is 24.5. The van der Waals surface area contributed by atoms with E-state index in [1.165, 1.54) is 5.56 Å². The van der Waals surface area contributed by atoms with E-state index in [1.54, 1.807) is 14.2 Å². The van der Waals surface area contributed by atoms with Crippen molar-refractivity contribution in [1.29, 1.82) is 0 Å². The summed E-state index contributed by atoms with van der Waals surface area (Å²) in [5.74, 6) is 1.75. The topological polar surface area (TPSA) is 113 Å². The normalized spacial score (nSPS) is 14.7. The molecule has 4 rings (SSSR count). The number of imidazole rings is 1. The molecule has 0 unspecified atom stereocenters. The predicted molar refractivity (Wildman–Crippen MR) is 156 cm³/mol. The molecule has 3 aromatic rings. The zero-order chi connectivity index (χ0) is 28.3. The molecule has 1 aromatic carbocycles. The van der Waals surface area contributed by atoms with E-state index in [1.807, 2.05) is 10.6 Å². The fraction of sp³-hybridized carbons (Fsp3) is 0.621. The van der Waals surface area contributed by atoms with Crippen LogP contribution < -0.4 is 19.9 Å². The van der Waals surface area contributed by atoms with Crippen molar-refractivity contribution in [1.82, 2.24) is 29.3 Å². The van der Waals surface area contributed by atoms with Crippen LogP contribution >= 0.6 is 0 Å². The summed E-state index contributed by atoms with van der Waals surface area (Å²) >= 11 is 0. The van der Waals surface area contributed by atoms with Crippen molar-refractivity contribution in [2.75, 3.05) is 79.5 Å². The molecule has 1 aliphatic rings. The highest BCUT2D eigenvalue weighted by atomic mass is 16.5. The van der Waals surface area contributed by atoms with Crippen LogP contribution in [-0.4, -0.2) is 103 Å². The van der Waals surface area contributed by atoms with Crippen molar-refractivity contribution in [3.05, 3.63) is 29.8 Å². The molecule has 3 heterocycles. The molecule has 11 heteroatoms. The Morgan fingerprint density at radius 3 is 2.60 bits per heavy atom. The highest BCUT2D eigenvalue weighted by molar-refractivity contribution is 5.83. The maximum atomic E-state index is 6.17. The van der Waals surface area contributed by atoms with Gasteiger partial charge in [-0.3, -0.25) is 4.57 Å². The van der Waals surface area contributed by atoms with E-state index in [2.05, 4.69) is 56.9 Å². The number of ether oxygens (including phenoxy) is 4. The summed E-state index contributed by atoms with van der Waals surface area (Å²) in [6.45, 7) is 9.70. The summed E-state index contributed by atoms with van der Waals surface area (Å²) in [7, 11) is 5.41. The molecular formula is C29H45N7O4. The number of nitrogens with two attached hydrogens (primary N) is 1. The van der Waals surface area contributed by atoms with Gasteiger partial charge in [-0.1, -0.05) is 19.1 Å². The Morgan fingerprint density at radius 1 is 1.02 bits per heavy atom. The van der Waals surface area contributed by atoms with Crippen molar-refractivity contribution in [3.8, 4) is 17.8 Å². The van der Waals surface area contributed by atoms with Crippen LogP contribution in [0.15, 0.2) is 24.3 Å². The predicted octanol–water partition coefficient (Wildman–Crippen LogP) is 3.12. The Hall–Kier alpha value is -3.15.